The normalized spacial score (nSPS) is 29.2. The Bertz CT molecular complexity index is 483. The van der Waals surface area contributed by atoms with E-state index in [1.165, 1.54) is 0 Å². The number of hydrogen-bond acceptors (Lipinski definition) is 7. The highest BCUT2D eigenvalue weighted by atomic mass is 16.5. The Morgan fingerprint density at radius 1 is 1.15 bits per heavy atom. The van der Waals surface area contributed by atoms with E-state index in [9.17, 15) is 0 Å². The Hall–Kier alpha value is -1.02. The first-order chi connectivity index (χ1) is 12.6. The van der Waals surface area contributed by atoms with Gasteiger partial charge in [-0.2, -0.15) is 0 Å². The van der Waals surface area contributed by atoms with Gasteiger partial charge < -0.3 is 19.5 Å². The first-order valence-electron chi connectivity index (χ1n) is 10.1. The molecule has 3 heterocycles. The maximum Gasteiger partial charge on any atom is 0.197 e. The van der Waals surface area contributed by atoms with Gasteiger partial charge in [-0.25, -0.2) is 9.98 Å². The van der Waals surface area contributed by atoms with E-state index >= 15 is 0 Å². The number of aliphatic imine (C=N–C) groups is 2. The predicted octanol–water partition coefficient (Wildman–Crippen LogP) is 2.02. The summed E-state index contributed by atoms with van der Waals surface area (Å²) in [6.07, 6.45) is 6.30. The van der Waals surface area contributed by atoms with Crippen LogP contribution >= 0.6 is 0 Å². The fraction of sp³-hybridized carbons (Fsp3) is 0.895. The number of ether oxygens (including phenoxy) is 3. The summed E-state index contributed by atoms with van der Waals surface area (Å²) in [4.78, 5) is 11.2. The molecule has 1 N–H and O–H groups in total. The van der Waals surface area contributed by atoms with Crippen LogP contribution in [0.15, 0.2) is 9.98 Å². The molecule has 7 nitrogen and oxygen atoms in total. The molecular weight excluding hydrogens is 332 g/mol. The lowest BCUT2D eigenvalue weighted by molar-refractivity contribution is -0.0448. The number of likely N-dealkylation sites (tertiary alicyclic amines) is 1. The van der Waals surface area contributed by atoms with Crippen LogP contribution < -0.4 is 5.32 Å². The molecule has 0 spiro atoms. The molecule has 3 aliphatic rings. The number of nitrogens with one attached hydrogen (secondary N) is 1. The molecule has 0 aliphatic carbocycles. The van der Waals surface area contributed by atoms with Crippen molar-refractivity contribution in [3.63, 3.8) is 0 Å². The highest BCUT2D eigenvalue weighted by Crippen LogP contribution is 2.23. The van der Waals surface area contributed by atoms with Gasteiger partial charge in [-0.15, -0.1) is 0 Å². The van der Waals surface area contributed by atoms with Crippen LogP contribution in [-0.2, 0) is 14.2 Å². The standard InChI is InChI=1S/C19H34N4O3/c1-14(2)24-13-23-10-6-17(7-11-23)26-19-15(3)18(21-12-22-19)25-16-4-8-20-9-5-16/h12,14-18,20H,4-11,13H2,1-3H3. The van der Waals surface area contributed by atoms with E-state index in [4.69, 9.17) is 14.2 Å². The highest BCUT2D eigenvalue weighted by Gasteiger charge is 2.31. The van der Waals surface area contributed by atoms with Crippen molar-refractivity contribution in [3.05, 3.63) is 0 Å². The first-order valence-corrected chi connectivity index (χ1v) is 10.1. The lowest BCUT2D eigenvalue weighted by Crippen LogP contribution is -2.42. The summed E-state index contributed by atoms with van der Waals surface area (Å²) in [5.41, 5.74) is 0. The molecule has 3 rings (SSSR count). The molecule has 26 heavy (non-hydrogen) atoms. The van der Waals surface area contributed by atoms with Gasteiger partial charge in [0, 0.05) is 13.1 Å². The lowest BCUT2D eigenvalue weighted by Gasteiger charge is -2.35. The maximum absolute atomic E-state index is 6.24. The van der Waals surface area contributed by atoms with Crippen molar-refractivity contribution in [2.75, 3.05) is 32.9 Å². The van der Waals surface area contributed by atoms with Crippen molar-refractivity contribution >= 4 is 12.2 Å². The zero-order valence-electron chi connectivity index (χ0n) is 16.4. The molecule has 2 saturated heterocycles. The summed E-state index contributed by atoms with van der Waals surface area (Å²) in [6.45, 7) is 11.0. The zero-order chi connectivity index (χ0) is 18.4. The number of hydrogen-bond donors (Lipinski definition) is 1. The summed E-state index contributed by atoms with van der Waals surface area (Å²) in [5, 5.41) is 3.36. The molecule has 0 saturated carbocycles. The molecule has 0 aromatic carbocycles. The second-order valence-electron chi connectivity index (χ2n) is 7.78. The molecule has 2 atom stereocenters. The Morgan fingerprint density at radius 3 is 2.58 bits per heavy atom. The smallest absolute Gasteiger partial charge is 0.197 e. The van der Waals surface area contributed by atoms with Gasteiger partial charge in [0.2, 0.25) is 0 Å². The molecule has 3 aliphatic heterocycles. The number of nitrogens with zero attached hydrogens (tertiary/aromatic N) is 3. The van der Waals surface area contributed by atoms with Gasteiger partial charge in [0.25, 0.3) is 0 Å². The van der Waals surface area contributed by atoms with Crippen LogP contribution in [0.3, 0.4) is 0 Å². The minimum absolute atomic E-state index is 0.0668. The third-order valence-corrected chi connectivity index (χ3v) is 5.25. The average Bonchev–Trinajstić information content (AvgIpc) is 2.65. The summed E-state index contributed by atoms with van der Waals surface area (Å²) in [7, 11) is 0. The Kier molecular flexibility index (Phi) is 7.42. The van der Waals surface area contributed by atoms with E-state index in [0.29, 0.717) is 6.73 Å². The molecule has 0 bridgehead atoms. The second-order valence-corrected chi connectivity index (χ2v) is 7.78. The van der Waals surface area contributed by atoms with E-state index in [0.717, 1.165) is 57.8 Å². The van der Waals surface area contributed by atoms with Crippen LogP contribution in [0.4, 0.5) is 0 Å². The maximum atomic E-state index is 6.24. The van der Waals surface area contributed by atoms with E-state index in [1.54, 1.807) is 6.34 Å². The van der Waals surface area contributed by atoms with Crippen LogP contribution in [0.2, 0.25) is 0 Å². The summed E-state index contributed by atoms with van der Waals surface area (Å²) >= 11 is 0. The van der Waals surface area contributed by atoms with Crippen LogP contribution in [0.25, 0.3) is 0 Å². The predicted molar refractivity (Wildman–Crippen MR) is 103 cm³/mol. The third-order valence-electron chi connectivity index (χ3n) is 5.25. The van der Waals surface area contributed by atoms with Crippen molar-refractivity contribution in [2.24, 2.45) is 15.9 Å². The topological polar surface area (TPSA) is 67.7 Å². The van der Waals surface area contributed by atoms with Gasteiger partial charge >= 0.3 is 0 Å². The molecule has 2 unspecified atom stereocenters. The van der Waals surface area contributed by atoms with Gasteiger partial charge in [-0.05, 0) is 59.5 Å². The van der Waals surface area contributed by atoms with Gasteiger partial charge in [0.1, 0.15) is 12.4 Å². The first kappa shape index (κ1) is 19.7. The number of rotatable bonds is 6. The fourth-order valence-corrected chi connectivity index (χ4v) is 3.53. The van der Waals surface area contributed by atoms with Gasteiger partial charge in [-0.1, -0.05) is 0 Å². The van der Waals surface area contributed by atoms with Crippen LogP contribution in [0.5, 0.6) is 0 Å². The Balaban J connectivity index is 1.43. The average molecular weight is 367 g/mol. The SMILES string of the molecule is CC(C)OCN1CCC(OC2=NC=NC(OC3CCNCC3)C2C)CC1. The summed E-state index contributed by atoms with van der Waals surface area (Å²) in [6, 6.07) is 0. The molecule has 0 amide bonds. The second kappa shape index (κ2) is 9.78. The Labute approximate surface area is 157 Å². The van der Waals surface area contributed by atoms with Crippen molar-refractivity contribution in [1.29, 1.82) is 0 Å². The summed E-state index contributed by atoms with van der Waals surface area (Å²) < 4.78 is 18.1. The van der Waals surface area contributed by atoms with Gasteiger partial charge in [0.05, 0.1) is 24.9 Å². The monoisotopic (exact) mass is 366 g/mol. The molecule has 7 heteroatoms. The summed E-state index contributed by atoms with van der Waals surface area (Å²) in [5.74, 6) is 0.841. The van der Waals surface area contributed by atoms with E-state index in [-0.39, 0.29) is 30.5 Å². The van der Waals surface area contributed by atoms with Crippen LogP contribution in [0, 0.1) is 5.92 Å². The van der Waals surface area contributed by atoms with Crippen molar-refractivity contribution in [1.82, 2.24) is 10.2 Å². The molecule has 2 fully saturated rings. The minimum atomic E-state index is -0.176. The molecule has 148 valence electrons. The van der Waals surface area contributed by atoms with Crippen LogP contribution in [0.1, 0.15) is 46.5 Å². The van der Waals surface area contributed by atoms with E-state index in [2.05, 4.69) is 41.0 Å². The molecule has 0 aromatic heterocycles. The van der Waals surface area contributed by atoms with Crippen LogP contribution in [-0.4, -0.2) is 74.6 Å². The quantitative estimate of drug-likeness (QED) is 0.779. The number of piperidine rings is 2. The minimum Gasteiger partial charge on any atom is -0.477 e. The Morgan fingerprint density at radius 2 is 1.88 bits per heavy atom. The zero-order valence-corrected chi connectivity index (χ0v) is 16.4. The van der Waals surface area contributed by atoms with Gasteiger partial charge in [0.15, 0.2) is 12.1 Å². The largest absolute Gasteiger partial charge is 0.477 e. The third kappa shape index (κ3) is 5.74. The van der Waals surface area contributed by atoms with E-state index < -0.39 is 0 Å². The molecule has 0 radical (unpaired) electrons. The van der Waals surface area contributed by atoms with Crippen molar-refractivity contribution in [2.45, 2.75) is 71.0 Å². The van der Waals surface area contributed by atoms with Crippen molar-refractivity contribution in [3.8, 4) is 0 Å². The lowest BCUT2D eigenvalue weighted by atomic mass is 10.1. The highest BCUT2D eigenvalue weighted by molar-refractivity contribution is 5.88. The van der Waals surface area contributed by atoms with Crippen molar-refractivity contribution < 1.29 is 14.2 Å². The fourth-order valence-electron chi connectivity index (χ4n) is 3.53. The molecule has 0 aromatic rings. The van der Waals surface area contributed by atoms with E-state index in [1.807, 2.05) is 0 Å². The van der Waals surface area contributed by atoms with Gasteiger partial charge in [-0.3, -0.25) is 4.90 Å². The molecular formula is C19H34N4O3.